The highest BCUT2D eigenvalue weighted by Gasteiger charge is 2.08. The molecule has 0 bridgehead atoms. The van der Waals surface area contributed by atoms with E-state index in [0.29, 0.717) is 0 Å². The summed E-state index contributed by atoms with van der Waals surface area (Å²) in [5, 5.41) is 12.8. The number of hydrogen-bond donors (Lipinski definition) is 2. The zero-order valence-electron chi connectivity index (χ0n) is 10.2. The van der Waals surface area contributed by atoms with Gasteiger partial charge in [-0.2, -0.15) is 0 Å². The fraction of sp³-hybridized carbons (Fsp3) is 0.214. The highest BCUT2D eigenvalue weighted by molar-refractivity contribution is 5.19. The summed E-state index contributed by atoms with van der Waals surface area (Å²) >= 11 is 0. The van der Waals surface area contributed by atoms with Gasteiger partial charge in [-0.1, -0.05) is 0 Å². The second-order valence-electron chi connectivity index (χ2n) is 4.16. The third kappa shape index (κ3) is 3.81. The molecule has 1 heterocycles. The number of rotatable bonds is 5. The molecule has 0 saturated carbocycles. The van der Waals surface area contributed by atoms with Crippen LogP contribution in [0.3, 0.4) is 0 Å². The Labute approximate surface area is 109 Å². The molecular formula is C14H14F2N2O. The Hall–Kier alpha value is -1.85. The molecule has 3 nitrogen and oxygen atoms in total. The summed E-state index contributed by atoms with van der Waals surface area (Å²) in [6, 6.07) is 6.71. The standard InChI is InChI=1S/C14H14F2N2O/c15-12-1-2-13(16)11(7-12)8-18-9-14(19)10-3-5-17-6-4-10/h1-7,14,18-19H,8-9H2. The Bertz CT molecular complexity index is 534. The van der Waals surface area contributed by atoms with Crippen molar-refractivity contribution >= 4 is 0 Å². The highest BCUT2D eigenvalue weighted by Crippen LogP contribution is 2.12. The summed E-state index contributed by atoms with van der Waals surface area (Å²) in [4.78, 5) is 3.85. The van der Waals surface area contributed by atoms with Crippen molar-refractivity contribution in [1.29, 1.82) is 0 Å². The first-order valence-corrected chi connectivity index (χ1v) is 5.89. The minimum Gasteiger partial charge on any atom is -0.387 e. The minimum absolute atomic E-state index is 0.158. The summed E-state index contributed by atoms with van der Waals surface area (Å²) in [5.74, 6) is -0.944. The molecule has 0 aliphatic heterocycles. The molecule has 19 heavy (non-hydrogen) atoms. The lowest BCUT2D eigenvalue weighted by Crippen LogP contribution is -2.21. The van der Waals surface area contributed by atoms with Crippen LogP contribution in [0.2, 0.25) is 0 Å². The molecule has 0 fully saturated rings. The number of pyridine rings is 1. The fourth-order valence-electron chi connectivity index (χ4n) is 1.73. The molecule has 1 atom stereocenters. The van der Waals surface area contributed by atoms with E-state index in [1.165, 1.54) is 0 Å². The van der Waals surface area contributed by atoms with E-state index in [1.807, 2.05) is 0 Å². The van der Waals surface area contributed by atoms with Crippen LogP contribution in [0, 0.1) is 11.6 Å². The lowest BCUT2D eigenvalue weighted by atomic mass is 10.1. The van der Waals surface area contributed by atoms with Gasteiger partial charge in [0, 0.05) is 31.0 Å². The van der Waals surface area contributed by atoms with E-state index >= 15 is 0 Å². The van der Waals surface area contributed by atoms with E-state index < -0.39 is 17.7 Å². The average Bonchev–Trinajstić information content (AvgIpc) is 2.43. The van der Waals surface area contributed by atoms with Gasteiger partial charge >= 0.3 is 0 Å². The molecule has 0 aliphatic carbocycles. The first-order chi connectivity index (χ1) is 9.16. The fourth-order valence-corrected chi connectivity index (χ4v) is 1.73. The van der Waals surface area contributed by atoms with Crippen molar-refractivity contribution in [2.45, 2.75) is 12.6 Å². The molecule has 0 aliphatic rings. The summed E-state index contributed by atoms with van der Waals surface area (Å²) < 4.78 is 26.3. The molecule has 0 radical (unpaired) electrons. The lowest BCUT2D eigenvalue weighted by molar-refractivity contribution is 0.174. The molecule has 2 N–H and O–H groups in total. The van der Waals surface area contributed by atoms with E-state index in [-0.39, 0.29) is 18.7 Å². The maximum Gasteiger partial charge on any atom is 0.127 e. The van der Waals surface area contributed by atoms with Crippen molar-refractivity contribution < 1.29 is 13.9 Å². The summed E-state index contributed by atoms with van der Waals surface area (Å²) in [6.45, 7) is 0.408. The van der Waals surface area contributed by atoms with Crippen LogP contribution in [-0.2, 0) is 6.54 Å². The molecule has 0 spiro atoms. The quantitative estimate of drug-likeness (QED) is 0.870. The number of hydrogen-bond acceptors (Lipinski definition) is 3. The van der Waals surface area contributed by atoms with Crippen molar-refractivity contribution in [3.8, 4) is 0 Å². The van der Waals surface area contributed by atoms with Gasteiger partial charge in [-0.25, -0.2) is 8.78 Å². The molecule has 1 aromatic heterocycles. The second-order valence-corrected chi connectivity index (χ2v) is 4.16. The van der Waals surface area contributed by atoms with E-state index in [0.717, 1.165) is 23.8 Å². The number of aliphatic hydroxyl groups is 1. The average molecular weight is 264 g/mol. The Morgan fingerprint density at radius 3 is 2.63 bits per heavy atom. The van der Waals surface area contributed by atoms with Gasteiger partial charge in [0.25, 0.3) is 0 Å². The van der Waals surface area contributed by atoms with Crippen LogP contribution in [0.25, 0.3) is 0 Å². The van der Waals surface area contributed by atoms with Gasteiger partial charge < -0.3 is 10.4 Å². The number of benzene rings is 1. The molecule has 2 aromatic rings. The van der Waals surface area contributed by atoms with Crippen molar-refractivity contribution in [3.63, 3.8) is 0 Å². The van der Waals surface area contributed by atoms with Crippen molar-refractivity contribution in [2.75, 3.05) is 6.54 Å². The number of nitrogens with one attached hydrogen (secondary N) is 1. The largest absolute Gasteiger partial charge is 0.387 e. The van der Waals surface area contributed by atoms with Crippen LogP contribution in [-0.4, -0.2) is 16.6 Å². The normalized spacial score (nSPS) is 12.4. The van der Waals surface area contributed by atoms with Crippen LogP contribution in [0.1, 0.15) is 17.2 Å². The zero-order chi connectivity index (χ0) is 13.7. The van der Waals surface area contributed by atoms with Crippen LogP contribution >= 0.6 is 0 Å². The van der Waals surface area contributed by atoms with Gasteiger partial charge in [0.05, 0.1) is 6.10 Å². The topological polar surface area (TPSA) is 45.1 Å². The van der Waals surface area contributed by atoms with Gasteiger partial charge in [0.2, 0.25) is 0 Å². The van der Waals surface area contributed by atoms with Gasteiger partial charge in [-0.05, 0) is 35.9 Å². The Kier molecular flexibility index (Phi) is 4.54. The monoisotopic (exact) mass is 264 g/mol. The van der Waals surface area contributed by atoms with Gasteiger partial charge in [-0.15, -0.1) is 0 Å². The summed E-state index contributed by atoms with van der Waals surface area (Å²) in [6.07, 6.45) is 2.47. The molecule has 1 aromatic carbocycles. The summed E-state index contributed by atoms with van der Waals surface area (Å²) in [5.41, 5.74) is 0.962. The molecule has 5 heteroatoms. The van der Waals surface area contributed by atoms with Crippen LogP contribution in [0.4, 0.5) is 8.78 Å². The molecule has 0 saturated heterocycles. The van der Waals surface area contributed by atoms with E-state index in [9.17, 15) is 13.9 Å². The predicted molar refractivity (Wildman–Crippen MR) is 67.3 cm³/mol. The Balaban J connectivity index is 1.88. The SMILES string of the molecule is OC(CNCc1cc(F)ccc1F)c1ccncc1. The van der Waals surface area contributed by atoms with Gasteiger partial charge in [0.15, 0.2) is 0 Å². The Morgan fingerprint density at radius 1 is 1.16 bits per heavy atom. The van der Waals surface area contributed by atoms with E-state index in [2.05, 4.69) is 10.3 Å². The highest BCUT2D eigenvalue weighted by atomic mass is 19.1. The van der Waals surface area contributed by atoms with Crippen molar-refractivity contribution in [3.05, 3.63) is 65.5 Å². The molecule has 2 rings (SSSR count). The van der Waals surface area contributed by atoms with Crippen LogP contribution < -0.4 is 5.32 Å². The van der Waals surface area contributed by atoms with Crippen molar-refractivity contribution in [2.24, 2.45) is 0 Å². The van der Waals surface area contributed by atoms with E-state index in [1.54, 1.807) is 24.5 Å². The molecular weight excluding hydrogens is 250 g/mol. The smallest absolute Gasteiger partial charge is 0.127 e. The van der Waals surface area contributed by atoms with Gasteiger partial charge in [0.1, 0.15) is 11.6 Å². The maximum atomic E-state index is 13.3. The molecule has 0 amide bonds. The maximum absolute atomic E-state index is 13.3. The van der Waals surface area contributed by atoms with Gasteiger partial charge in [-0.3, -0.25) is 4.98 Å². The van der Waals surface area contributed by atoms with Crippen LogP contribution in [0.5, 0.6) is 0 Å². The van der Waals surface area contributed by atoms with Crippen molar-refractivity contribution in [1.82, 2.24) is 10.3 Å². The molecule has 1 unspecified atom stereocenters. The third-order valence-electron chi connectivity index (χ3n) is 2.75. The van der Waals surface area contributed by atoms with Crippen LogP contribution in [0.15, 0.2) is 42.7 Å². The molecule has 100 valence electrons. The third-order valence-corrected chi connectivity index (χ3v) is 2.75. The number of nitrogens with zero attached hydrogens (tertiary/aromatic N) is 1. The number of aliphatic hydroxyl groups excluding tert-OH is 1. The van der Waals surface area contributed by atoms with E-state index in [4.69, 9.17) is 0 Å². The predicted octanol–water partition coefficient (Wildman–Crippen LogP) is 2.18. The first-order valence-electron chi connectivity index (χ1n) is 5.89. The zero-order valence-corrected chi connectivity index (χ0v) is 10.2. The lowest BCUT2D eigenvalue weighted by Gasteiger charge is -2.12. The summed E-state index contributed by atoms with van der Waals surface area (Å²) in [7, 11) is 0. The number of halogens is 2. The Morgan fingerprint density at radius 2 is 1.89 bits per heavy atom. The first kappa shape index (κ1) is 13.6. The number of aromatic nitrogens is 1. The minimum atomic E-state index is -0.709. The second kappa shape index (κ2) is 6.36.